The summed E-state index contributed by atoms with van der Waals surface area (Å²) in [4.78, 5) is 33.6. The minimum atomic E-state index is -1.19. The van der Waals surface area contributed by atoms with Gasteiger partial charge >= 0.3 is 11.9 Å². The molecule has 1 saturated heterocycles. The maximum atomic E-state index is 11.3. The molecule has 1 atom stereocenters. The summed E-state index contributed by atoms with van der Waals surface area (Å²) in [7, 11) is 1.17. The lowest BCUT2D eigenvalue weighted by molar-refractivity contribution is -0.147. The van der Waals surface area contributed by atoms with E-state index in [9.17, 15) is 14.4 Å². The fourth-order valence-electron chi connectivity index (χ4n) is 1.16. The minimum Gasteiger partial charge on any atom is -0.467 e. The van der Waals surface area contributed by atoms with Crippen LogP contribution in [0, 0.1) is 0 Å². The van der Waals surface area contributed by atoms with Crippen LogP contribution in [-0.4, -0.2) is 41.9 Å². The lowest BCUT2D eigenvalue weighted by atomic mass is 10.2. The molecule has 6 heteroatoms. The number of ether oxygens (including phenoxy) is 1. The van der Waals surface area contributed by atoms with Gasteiger partial charge in [0, 0.05) is 6.04 Å². The molecule has 0 aromatic heterocycles. The lowest BCUT2D eigenvalue weighted by Crippen LogP contribution is -2.45. The van der Waals surface area contributed by atoms with Gasteiger partial charge in [0.15, 0.2) is 6.04 Å². The van der Waals surface area contributed by atoms with E-state index in [1.54, 1.807) is 13.8 Å². The third-order valence-corrected chi connectivity index (χ3v) is 1.91. The summed E-state index contributed by atoms with van der Waals surface area (Å²) in [6.45, 7) is 3.47. The van der Waals surface area contributed by atoms with E-state index < -0.39 is 23.7 Å². The Balaban J connectivity index is 2.82. The number of ketones is 1. The van der Waals surface area contributed by atoms with Crippen LogP contribution >= 0.6 is 0 Å². The molecule has 14 heavy (non-hydrogen) atoms. The Kier molecular flexibility index (Phi) is 2.85. The SMILES string of the molecule is COC(=O)C1NN(C(C)C)C(=O)C1=O. The molecule has 1 fully saturated rings. The van der Waals surface area contributed by atoms with Crippen molar-refractivity contribution < 1.29 is 19.1 Å². The second kappa shape index (κ2) is 3.75. The largest absolute Gasteiger partial charge is 0.467 e. The monoisotopic (exact) mass is 200 g/mol. The molecule has 1 unspecified atom stereocenters. The maximum absolute atomic E-state index is 11.3. The molecule has 1 aliphatic heterocycles. The normalized spacial score (nSPS) is 22.0. The summed E-state index contributed by atoms with van der Waals surface area (Å²) < 4.78 is 4.38. The lowest BCUT2D eigenvalue weighted by Gasteiger charge is -2.19. The number of nitrogens with zero attached hydrogens (tertiary/aromatic N) is 1. The zero-order valence-corrected chi connectivity index (χ0v) is 8.23. The molecular formula is C8H12N2O4. The Morgan fingerprint density at radius 3 is 2.43 bits per heavy atom. The van der Waals surface area contributed by atoms with Crippen molar-refractivity contribution in [1.29, 1.82) is 0 Å². The van der Waals surface area contributed by atoms with Crippen LogP contribution in [0.2, 0.25) is 0 Å². The molecule has 0 aliphatic carbocycles. The average molecular weight is 200 g/mol. The molecule has 1 rings (SSSR count). The van der Waals surface area contributed by atoms with E-state index >= 15 is 0 Å². The first kappa shape index (κ1) is 10.6. The molecule has 78 valence electrons. The molecule has 1 aliphatic rings. The average Bonchev–Trinajstić information content (AvgIpc) is 2.43. The van der Waals surface area contributed by atoms with E-state index in [1.165, 1.54) is 7.11 Å². The van der Waals surface area contributed by atoms with Crippen LogP contribution in [0.15, 0.2) is 0 Å². The van der Waals surface area contributed by atoms with Gasteiger partial charge in [-0.15, -0.1) is 0 Å². The van der Waals surface area contributed by atoms with Gasteiger partial charge in [-0.2, -0.15) is 0 Å². The van der Waals surface area contributed by atoms with Gasteiger partial charge in [0.05, 0.1) is 7.11 Å². The number of esters is 1. The van der Waals surface area contributed by atoms with Gasteiger partial charge in [-0.3, -0.25) is 14.6 Å². The predicted octanol–water partition coefficient (Wildman–Crippen LogP) is -1.15. The number of carbonyl (C=O) groups is 3. The third kappa shape index (κ3) is 1.60. The topological polar surface area (TPSA) is 75.7 Å². The van der Waals surface area contributed by atoms with Gasteiger partial charge in [0.25, 0.3) is 5.78 Å². The number of hydrazine groups is 1. The molecule has 1 heterocycles. The first-order valence-corrected chi connectivity index (χ1v) is 4.20. The number of nitrogens with one attached hydrogen (secondary N) is 1. The van der Waals surface area contributed by atoms with Crippen molar-refractivity contribution in [3.63, 3.8) is 0 Å². The summed E-state index contributed by atoms with van der Waals surface area (Å²) in [6.07, 6.45) is 0. The third-order valence-electron chi connectivity index (χ3n) is 1.91. The Bertz CT molecular complexity index is 287. The Labute approximate surface area is 81.2 Å². The van der Waals surface area contributed by atoms with Crippen molar-refractivity contribution in [3.8, 4) is 0 Å². The van der Waals surface area contributed by atoms with Gasteiger partial charge in [-0.1, -0.05) is 0 Å². The quantitative estimate of drug-likeness (QED) is 0.346. The van der Waals surface area contributed by atoms with Gasteiger partial charge in [-0.25, -0.2) is 10.2 Å². The fraction of sp³-hybridized carbons (Fsp3) is 0.625. The second-order valence-electron chi connectivity index (χ2n) is 3.22. The molecule has 0 saturated carbocycles. The second-order valence-corrected chi connectivity index (χ2v) is 3.22. The molecule has 1 amide bonds. The maximum Gasteiger partial charge on any atom is 0.333 e. The first-order chi connectivity index (χ1) is 6.49. The summed E-state index contributed by atoms with van der Waals surface area (Å²) in [5.74, 6) is -2.22. The van der Waals surface area contributed by atoms with Gasteiger partial charge in [0.1, 0.15) is 0 Å². The molecule has 0 aromatic rings. The number of amides is 1. The number of hydrogen-bond donors (Lipinski definition) is 1. The number of carbonyl (C=O) groups excluding carboxylic acids is 3. The van der Waals surface area contributed by atoms with E-state index in [1.807, 2.05) is 0 Å². The zero-order valence-electron chi connectivity index (χ0n) is 8.23. The molecule has 0 radical (unpaired) electrons. The van der Waals surface area contributed by atoms with Crippen LogP contribution in [0.4, 0.5) is 0 Å². The Hall–Kier alpha value is -1.43. The van der Waals surface area contributed by atoms with Crippen molar-refractivity contribution in [2.75, 3.05) is 7.11 Å². The van der Waals surface area contributed by atoms with E-state index in [2.05, 4.69) is 10.2 Å². The highest BCUT2D eigenvalue weighted by Crippen LogP contribution is 2.08. The van der Waals surface area contributed by atoms with E-state index in [0.29, 0.717) is 0 Å². The number of Topliss-reactive ketones (excluding diaryl/α,β-unsaturated/α-hetero) is 1. The molecule has 0 bridgehead atoms. The minimum absolute atomic E-state index is 0.180. The highest BCUT2D eigenvalue weighted by molar-refractivity contribution is 6.43. The number of methoxy groups -OCH3 is 1. The fourth-order valence-corrected chi connectivity index (χ4v) is 1.16. The van der Waals surface area contributed by atoms with Gasteiger partial charge < -0.3 is 4.74 Å². The summed E-state index contributed by atoms with van der Waals surface area (Å²) in [6, 6.07) is -1.36. The molecule has 1 N–H and O–H groups in total. The highest BCUT2D eigenvalue weighted by atomic mass is 16.5. The predicted molar refractivity (Wildman–Crippen MR) is 45.9 cm³/mol. The van der Waals surface area contributed by atoms with E-state index in [4.69, 9.17) is 0 Å². The Morgan fingerprint density at radius 2 is 2.07 bits per heavy atom. The molecule has 0 aromatic carbocycles. The molecular weight excluding hydrogens is 188 g/mol. The smallest absolute Gasteiger partial charge is 0.333 e. The molecule has 0 spiro atoms. The van der Waals surface area contributed by atoms with Crippen LogP contribution in [0.1, 0.15) is 13.8 Å². The highest BCUT2D eigenvalue weighted by Gasteiger charge is 2.44. The number of hydrogen-bond acceptors (Lipinski definition) is 5. The zero-order chi connectivity index (χ0) is 10.9. The molecule has 6 nitrogen and oxygen atoms in total. The standard InChI is InChI=1S/C8H12N2O4/c1-4(2)10-7(12)6(11)5(9-10)8(13)14-3/h4-5,9H,1-3H3. The van der Waals surface area contributed by atoms with Gasteiger partial charge in [0.2, 0.25) is 0 Å². The Morgan fingerprint density at radius 1 is 1.50 bits per heavy atom. The van der Waals surface area contributed by atoms with Crippen LogP contribution < -0.4 is 5.43 Å². The van der Waals surface area contributed by atoms with Crippen molar-refractivity contribution in [2.45, 2.75) is 25.9 Å². The van der Waals surface area contributed by atoms with Crippen molar-refractivity contribution in [3.05, 3.63) is 0 Å². The first-order valence-electron chi connectivity index (χ1n) is 4.20. The van der Waals surface area contributed by atoms with Crippen LogP contribution in [0.3, 0.4) is 0 Å². The van der Waals surface area contributed by atoms with Crippen molar-refractivity contribution in [2.24, 2.45) is 0 Å². The summed E-state index contributed by atoms with van der Waals surface area (Å²) >= 11 is 0. The van der Waals surface area contributed by atoms with Crippen LogP contribution in [0.25, 0.3) is 0 Å². The van der Waals surface area contributed by atoms with E-state index in [-0.39, 0.29) is 6.04 Å². The van der Waals surface area contributed by atoms with Crippen LogP contribution in [-0.2, 0) is 19.1 Å². The number of rotatable bonds is 2. The van der Waals surface area contributed by atoms with E-state index in [0.717, 1.165) is 5.01 Å². The van der Waals surface area contributed by atoms with Crippen molar-refractivity contribution >= 4 is 17.7 Å². The summed E-state index contributed by atoms with van der Waals surface area (Å²) in [5, 5.41) is 1.13. The van der Waals surface area contributed by atoms with Gasteiger partial charge in [-0.05, 0) is 13.8 Å². The van der Waals surface area contributed by atoms with Crippen LogP contribution in [0.5, 0.6) is 0 Å². The van der Waals surface area contributed by atoms with Crippen molar-refractivity contribution in [1.82, 2.24) is 10.4 Å². The summed E-state index contributed by atoms with van der Waals surface area (Å²) in [5.41, 5.74) is 2.50.